The van der Waals surface area contributed by atoms with Gasteiger partial charge in [0.15, 0.2) is 0 Å². The Bertz CT molecular complexity index is 577. The predicted molar refractivity (Wildman–Crippen MR) is 72.1 cm³/mol. The van der Waals surface area contributed by atoms with Crippen LogP contribution in [0.3, 0.4) is 0 Å². The molecule has 2 N–H and O–H groups in total. The first-order chi connectivity index (χ1) is 8.61. The standard InChI is InChI=1S/C13H14ClN3O/c1-3-9-7-15-17-12(9)16-13(18)11-5-4-10(14)6-8(11)2/h4-7H,3H2,1-2H3,(H2,15,16,17,18). The quantitative estimate of drug-likeness (QED) is 0.894. The average Bonchev–Trinajstić information content (AvgIpc) is 2.76. The van der Waals surface area contributed by atoms with Gasteiger partial charge in [-0.15, -0.1) is 0 Å². The molecule has 5 heteroatoms. The molecule has 0 radical (unpaired) electrons. The van der Waals surface area contributed by atoms with Crippen molar-refractivity contribution in [3.63, 3.8) is 0 Å². The number of aromatic nitrogens is 2. The number of benzene rings is 1. The van der Waals surface area contributed by atoms with E-state index in [0.717, 1.165) is 17.5 Å². The molecular weight excluding hydrogens is 250 g/mol. The van der Waals surface area contributed by atoms with Crippen LogP contribution >= 0.6 is 11.6 Å². The highest BCUT2D eigenvalue weighted by atomic mass is 35.5. The number of hydrogen-bond acceptors (Lipinski definition) is 2. The number of H-pyrrole nitrogens is 1. The third kappa shape index (κ3) is 2.54. The summed E-state index contributed by atoms with van der Waals surface area (Å²) in [4.78, 5) is 12.1. The minimum Gasteiger partial charge on any atom is -0.307 e. The van der Waals surface area contributed by atoms with Crippen molar-refractivity contribution in [2.45, 2.75) is 20.3 Å². The van der Waals surface area contributed by atoms with E-state index in [1.807, 2.05) is 13.8 Å². The van der Waals surface area contributed by atoms with Crippen molar-refractivity contribution < 1.29 is 4.79 Å². The minimum atomic E-state index is -0.164. The zero-order chi connectivity index (χ0) is 13.1. The van der Waals surface area contributed by atoms with E-state index in [1.54, 1.807) is 24.4 Å². The number of hydrogen-bond donors (Lipinski definition) is 2. The molecule has 0 aliphatic carbocycles. The number of amides is 1. The van der Waals surface area contributed by atoms with Crippen molar-refractivity contribution in [2.24, 2.45) is 0 Å². The van der Waals surface area contributed by atoms with Gasteiger partial charge in [-0.05, 0) is 37.1 Å². The summed E-state index contributed by atoms with van der Waals surface area (Å²) >= 11 is 5.86. The Kier molecular flexibility index (Phi) is 3.67. The van der Waals surface area contributed by atoms with Crippen LogP contribution in [-0.2, 0) is 6.42 Å². The van der Waals surface area contributed by atoms with Gasteiger partial charge in [-0.2, -0.15) is 5.10 Å². The van der Waals surface area contributed by atoms with Gasteiger partial charge in [0.05, 0.1) is 6.20 Å². The molecule has 2 rings (SSSR count). The maximum atomic E-state index is 12.1. The smallest absolute Gasteiger partial charge is 0.257 e. The Morgan fingerprint density at radius 2 is 2.28 bits per heavy atom. The van der Waals surface area contributed by atoms with Crippen LogP contribution in [0.25, 0.3) is 0 Å². The van der Waals surface area contributed by atoms with Gasteiger partial charge in [-0.3, -0.25) is 9.89 Å². The lowest BCUT2D eigenvalue weighted by atomic mass is 10.1. The van der Waals surface area contributed by atoms with Gasteiger partial charge in [0.25, 0.3) is 5.91 Å². The number of aromatic amines is 1. The highest BCUT2D eigenvalue weighted by Crippen LogP contribution is 2.18. The molecule has 0 atom stereocenters. The minimum absolute atomic E-state index is 0.164. The number of carbonyl (C=O) groups excluding carboxylic acids is 1. The Morgan fingerprint density at radius 1 is 1.50 bits per heavy atom. The Morgan fingerprint density at radius 3 is 2.94 bits per heavy atom. The van der Waals surface area contributed by atoms with Crippen molar-refractivity contribution in [3.05, 3.63) is 46.1 Å². The third-order valence-corrected chi connectivity index (χ3v) is 3.01. The largest absolute Gasteiger partial charge is 0.307 e. The molecule has 1 amide bonds. The van der Waals surface area contributed by atoms with Gasteiger partial charge < -0.3 is 5.32 Å². The van der Waals surface area contributed by atoms with Crippen LogP contribution in [0.15, 0.2) is 24.4 Å². The molecule has 0 spiro atoms. The van der Waals surface area contributed by atoms with Gasteiger partial charge >= 0.3 is 0 Å². The van der Waals surface area contributed by atoms with Crippen molar-refractivity contribution in [3.8, 4) is 0 Å². The van der Waals surface area contributed by atoms with Crippen LogP contribution in [0.1, 0.15) is 28.4 Å². The molecule has 94 valence electrons. The average molecular weight is 264 g/mol. The summed E-state index contributed by atoms with van der Waals surface area (Å²) in [7, 11) is 0. The second-order valence-corrected chi connectivity index (χ2v) is 4.47. The molecule has 2 aromatic rings. The Hall–Kier alpha value is -1.81. The van der Waals surface area contributed by atoms with Crippen LogP contribution in [0.2, 0.25) is 5.02 Å². The van der Waals surface area contributed by atoms with Crippen LogP contribution in [0.4, 0.5) is 5.82 Å². The Labute approximate surface area is 110 Å². The fourth-order valence-corrected chi connectivity index (χ4v) is 1.98. The summed E-state index contributed by atoms with van der Waals surface area (Å²) in [6, 6.07) is 5.19. The first-order valence-electron chi connectivity index (χ1n) is 5.71. The van der Waals surface area contributed by atoms with Crippen molar-refractivity contribution >= 4 is 23.3 Å². The number of rotatable bonds is 3. The molecule has 1 aromatic carbocycles. The summed E-state index contributed by atoms with van der Waals surface area (Å²) in [6.45, 7) is 3.86. The highest BCUT2D eigenvalue weighted by Gasteiger charge is 2.12. The van der Waals surface area contributed by atoms with E-state index in [0.29, 0.717) is 16.4 Å². The molecule has 0 unspecified atom stereocenters. The number of aryl methyl sites for hydroxylation is 2. The Balaban J connectivity index is 2.22. The highest BCUT2D eigenvalue weighted by molar-refractivity contribution is 6.30. The molecule has 0 aliphatic rings. The van der Waals surface area contributed by atoms with E-state index in [2.05, 4.69) is 15.5 Å². The molecule has 0 saturated carbocycles. The van der Waals surface area contributed by atoms with E-state index in [-0.39, 0.29) is 5.91 Å². The van der Waals surface area contributed by atoms with Crippen LogP contribution in [0.5, 0.6) is 0 Å². The lowest BCUT2D eigenvalue weighted by Crippen LogP contribution is -2.14. The summed E-state index contributed by atoms with van der Waals surface area (Å²) in [5.41, 5.74) is 2.43. The van der Waals surface area contributed by atoms with Gasteiger partial charge in [-0.1, -0.05) is 18.5 Å². The summed E-state index contributed by atoms with van der Waals surface area (Å²) in [5.74, 6) is 0.486. The SMILES string of the molecule is CCc1cn[nH]c1NC(=O)c1ccc(Cl)cc1C. The molecule has 1 heterocycles. The predicted octanol–water partition coefficient (Wildman–Crippen LogP) is 3.19. The molecule has 0 bridgehead atoms. The van der Waals surface area contributed by atoms with Gasteiger partial charge in [0.2, 0.25) is 0 Å². The third-order valence-electron chi connectivity index (χ3n) is 2.77. The molecule has 0 saturated heterocycles. The van der Waals surface area contributed by atoms with Crippen molar-refractivity contribution in [1.82, 2.24) is 10.2 Å². The number of nitrogens with zero attached hydrogens (tertiary/aromatic N) is 1. The second kappa shape index (κ2) is 5.23. The van der Waals surface area contributed by atoms with E-state index >= 15 is 0 Å². The first kappa shape index (κ1) is 12.6. The summed E-state index contributed by atoms with van der Waals surface area (Å²) in [6.07, 6.45) is 2.52. The lowest BCUT2D eigenvalue weighted by Gasteiger charge is -2.07. The zero-order valence-corrected chi connectivity index (χ0v) is 11.0. The molecule has 4 nitrogen and oxygen atoms in total. The van der Waals surface area contributed by atoms with E-state index < -0.39 is 0 Å². The van der Waals surface area contributed by atoms with Crippen LogP contribution < -0.4 is 5.32 Å². The maximum Gasteiger partial charge on any atom is 0.257 e. The maximum absolute atomic E-state index is 12.1. The zero-order valence-electron chi connectivity index (χ0n) is 10.2. The van der Waals surface area contributed by atoms with E-state index in [9.17, 15) is 4.79 Å². The van der Waals surface area contributed by atoms with E-state index in [4.69, 9.17) is 11.6 Å². The number of nitrogens with one attached hydrogen (secondary N) is 2. The van der Waals surface area contributed by atoms with Crippen molar-refractivity contribution in [1.29, 1.82) is 0 Å². The number of anilines is 1. The van der Waals surface area contributed by atoms with Crippen LogP contribution in [0, 0.1) is 6.92 Å². The van der Waals surface area contributed by atoms with Crippen LogP contribution in [-0.4, -0.2) is 16.1 Å². The molecule has 1 aromatic heterocycles. The van der Waals surface area contributed by atoms with Gasteiger partial charge in [-0.25, -0.2) is 0 Å². The second-order valence-electron chi connectivity index (χ2n) is 4.04. The fourth-order valence-electron chi connectivity index (χ4n) is 1.75. The molecular formula is C13H14ClN3O. The first-order valence-corrected chi connectivity index (χ1v) is 6.09. The lowest BCUT2D eigenvalue weighted by molar-refractivity contribution is 0.102. The summed E-state index contributed by atoms with van der Waals surface area (Å²) < 4.78 is 0. The van der Waals surface area contributed by atoms with Crippen molar-refractivity contribution in [2.75, 3.05) is 5.32 Å². The fraction of sp³-hybridized carbons (Fsp3) is 0.231. The van der Waals surface area contributed by atoms with Gasteiger partial charge in [0.1, 0.15) is 5.82 Å². The van der Waals surface area contributed by atoms with E-state index in [1.165, 1.54) is 0 Å². The number of carbonyl (C=O) groups is 1. The molecule has 18 heavy (non-hydrogen) atoms. The topological polar surface area (TPSA) is 57.8 Å². The monoisotopic (exact) mass is 263 g/mol. The molecule has 0 fully saturated rings. The normalized spacial score (nSPS) is 10.4. The number of halogens is 1. The van der Waals surface area contributed by atoms with Gasteiger partial charge in [0, 0.05) is 16.1 Å². The summed E-state index contributed by atoms with van der Waals surface area (Å²) in [5, 5.41) is 10.1. The molecule has 0 aliphatic heterocycles.